The first-order valence-electron chi connectivity index (χ1n) is 6.48. The van der Waals surface area contributed by atoms with Gasteiger partial charge >= 0.3 is 0 Å². The van der Waals surface area contributed by atoms with E-state index in [1.807, 2.05) is 6.07 Å². The molecule has 6 nitrogen and oxygen atoms in total. The number of hydrogen-bond acceptors (Lipinski definition) is 4. The molecule has 114 valence electrons. The van der Waals surface area contributed by atoms with E-state index < -0.39 is 5.54 Å². The molecular formula is C15H15IN4O2. The second-order valence-corrected chi connectivity index (χ2v) is 6.39. The van der Waals surface area contributed by atoms with Gasteiger partial charge in [-0.15, -0.1) is 0 Å². The molecule has 0 aliphatic carbocycles. The number of amides is 1. The van der Waals surface area contributed by atoms with Gasteiger partial charge in [0.15, 0.2) is 0 Å². The zero-order valence-corrected chi connectivity index (χ0v) is 14.6. The van der Waals surface area contributed by atoms with Gasteiger partial charge < -0.3 is 10.1 Å². The lowest BCUT2D eigenvalue weighted by Gasteiger charge is -2.24. The molecule has 0 bridgehead atoms. The molecule has 0 fully saturated rings. The lowest BCUT2D eigenvalue weighted by molar-refractivity contribution is -0.123. The van der Waals surface area contributed by atoms with Gasteiger partial charge in [0.2, 0.25) is 0 Å². The summed E-state index contributed by atoms with van der Waals surface area (Å²) in [6.07, 6.45) is 3.50. The van der Waals surface area contributed by atoms with Crippen LogP contribution in [0, 0.1) is 14.9 Å². The van der Waals surface area contributed by atoms with Crippen LogP contribution in [0.3, 0.4) is 0 Å². The minimum atomic E-state index is -0.843. The first-order valence-corrected chi connectivity index (χ1v) is 7.56. The molecule has 0 spiro atoms. The Morgan fingerprint density at radius 3 is 2.77 bits per heavy atom. The highest BCUT2D eigenvalue weighted by Gasteiger charge is 2.30. The molecule has 0 saturated heterocycles. The summed E-state index contributed by atoms with van der Waals surface area (Å²) in [5, 5.41) is 16.0. The molecule has 1 amide bonds. The van der Waals surface area contributed by atoms with E-state index in [9.17, 15) is 4.79 Å². The van der Waals surface area contributed by atoms with Crippen molar-refractivity contribution in [3.05, 3.63) is 39.7 Å². The van der Waals surface area contributed by atoms with Crippen LogP contribution in [0.5, 0.6) is 5.75 Å². The number of aromatic nitrogens is 2. The fourth-order valence-corrected chi connectivity index (χ4v) is 2.24. The minimum Gasteiger partial charge on any atom is -0.495 e. The number of hydrogen-bond donors (Lipinski definition) is 1. The maximum atomic E-state index is 12.5. The standard InChI is InChI=1S/C15H15IN4O2/c1-15(2,20-9-11(16)8-18-20)14(21)19-12-5-4-10(7-17)13(6-12)22-3/h4-6,8-9H,1-3H3,(H,19,21). The van der Waals surface area contributed by atoms with Crippen LogP contribution >= 0.6 is 22.6 Å². The smallest absolute Gasteiger partial charge is 0.251 e. The Morgan fingerprint density at radius 1 is 1.50 bits per heavy atom. The Kier molecular flexibility index (Phi) is 4.71. The summed E-state index contributed by atoms with van der Waals surface area (Å²) in [7, 11) is 1.48. The van der Waals surface area contributed by atoms with Gasteiger partial charge in [-0.1, -0.05) is 0 Å². The Hall–Kier alpha value is -2.08. The molecular weight excluding hydrogens is 395 g/mol. The predicted octanol–water partition coefficient (Wildman–Crippen LogP) is 2.74. The summed E-state index contributed by atoms with van der Waals surface area (Å²) in [6, 6.07) is 6.94. The number of nitrogens with one attached hydrogen (secondary N) is 1. The number of nitriles is 1. The van der Waals surface area contributed by atoms with E-state index in [4.69, 9.17) is 10.00 Å². The van der Waals surface area contributed by atoms with E-state index in [0.717, 1.165) is 3.57 Å². The average Bonchev–Trinajstić information content (AvgIpc) is 2.94. The molecule has 1 aromatic carbocycles. The van der Waals surface area contributed by atoms with Crippen molar-refractivity contribution < 1.29 is 9.53 Å². The van der Waals surface area contributed by atoms with E-state index in [2.05, 4.69) is 33.0 Å². The van der Waals surface area contributed by atoms with Gasteiger partial charge in [-0.05, 0) is 48.6 Å². The van der Waals surface area contributed by atoms with Gasteiger partial charge in [0, 0.05) is 18.0 Å². The van der Waals surface area contributed by atoms with Gasteiger partial charge in [-0.25, -0.2) is 0 Å². The summed E-state index contributed by atoms with van der Waals surface area (Å²) >= 11 is 2.14. The number of benzene rings is 1. The lowest BCUT2D eigenvalue weighted by Crippen LogP contribution is -2.40. The second-order valence-electron chi connectivity index (χ2n) is 5.14. The van der Waals surface area contributed by atoms with Crippen LogP contribution in [-0.4, -0.2) is 22.8 Å². The summed E-state index contributed by atoms with van der Waals surface area (Å²) in [4.78, 5) is 12.5. The minimum absolute atomic E-state index is 0.209. The first kappa shape index (κ1) is 16.3. The Labute approximate surface area is 142 Å². The highest BCUT2D eigenvalue weighted by molar-refractivity contribution is 14.1. The van der Waals surface area contributed by atoms with Gasteiger partial charge in [0.05, 0.1) is 22.4 Å². The van der Waals surface area contributed by atoms with Crippen LogP contribution in [0.1, 0.15) is 19.4 Å². The summed E-state index contributed by atoms with van der Waals surface area (Å²) in [5.74, 6) is 0.213. The van der Waals surface area contributed by atoms with Crippen LogP contribution in [-0.2, 0) is 10.3 Å². The van der Waals surface area contributed by atoms with Crippen molar-refractivity contribution in [1.82, 2.24) is 9.78 Å². The van der Waals surface area contributed by atoms with E-state index in [0.29, 0.717) is 17.0 Å². The second kappa shape index (κ2) is 6.36. The average molecular weight is 410 g/mol. The first-order chi connectivity index (χ1) is 10.4. The molecule has 1 N–H and O–H groups in total. The summed E-state index contributed by atoms with van der Waals surface area (Å²) < 4.78 is 7.71. The third-order valence-electron chi connectivity index (χ3n) is 3.26. The fourth-order valence-electron chi connectivity index (χ4n) is 1.86. The van der Waals surface area contributed by atoms with Crippen LogP contribution in [0.25, 0.3) is 0 Å². The predicted molar refractivity (Wildman–Crippen MR) is 90.6 cm³/mol. The van der Waals surface area contributed by atoms with Crippen LogP contribution < -0.4 is 10.1 Å². The molecule has 7 heteroatoms. The van der Waals surface area contributed by atoms with Gasteiger partial charge in [-0.2, -0.15) is 10.4 Å². The van der Waals surface area contributed by atoms with Crippen LogP contribution in [0.15, 0.2) is 30.6 Å². The lowest BCUT2D eigenvalue weighted by atomic mass is 10.0. The summed E-state index contributed by atoms with van der Waals surface area (Å²) in [6.45, 7) is 3.57. The number of carbonyl (C=O) groups is 1. The number of nitrogens with zero attached hydrogens (tertiary/aromatic N) is 3. The number of ether oxygens (including phenoxy) is 1. The zero-order chi connectivity index (χ0) is 16.3. The van der Waals surface area contributed by atoms with Crippen LogP contribution in [0.2, 0.25) is 0 Å². The highest BCUT2D eigenvalue weighted by atomic mass is 127. The monoisotopic (exact) mass is 410 g/mol. The van der Waals surface area contributed by atoms with Crippen molar-refractivity contribution in [1.29, 1.82) is 5.26 Å². The maximum Gasteiger partial charge on any atom is 0.251 e. The van der Waals surface area contributed by atoms with E-state index in [1.54, 1.807) is 49.1 Å². The normalized spacial score (nSPS) is 10.9. The van der Waals surface area contributed by atoms with Gasteiger partial charge in [0.25, 0.3) is 5.91 Å². The van der Waals surface area contributed by atoms with Crippen molar-refractivity contribution >= 4 is 34.2 Å². The van der Waals surface area contributed by atoms with Gasteiger partial charge in [0.1, 0.15) is 17.4 Å². The Bertz CT molecular complexity index is 746. The molecule has 0 atom stereocenters. The third-order valence-corrected chi connectivity index (χ3v) is 3.82. The number of anilines is 1. The number of methoxy groups -OCH3 is 1. The van der Waals surface area contributed by atoms with Crippen molar-refractivity contribution in [2.45, 2.75) is 19.4 Å². The molecule has 1 aromatic heterocycles. The highest BCUT2D eigenvalue weighted by Crippen LogP contribution is 2.24. The van der Waals surface area contributed by atoms with Crippen molar-refractivity contribution in [3.63, 3.8) is 0 Å². The van der Waals surface area contributed by atoms with E-state index in [-0.39, 0.29) is 5.91 Å². The molecule has 0 saturated carbocycles. The van der Waals surface area contributed by atoms with Crippen molar-refractivity contribution in [2.75, 3.05) is 12.4 Å². The Morgan fingerprint density at radius 2 is 2.23 bits per heavy atom. The third kappa shape index (κ3) is 3.22. The summed E-state index contributed by atoms with van der Waals surface area (Å²) in [5.41, 5.74) is 0.141. The van der Waals surface area contributed by atoms with E-state index >= 15 is 0 Å². The molecule has 22 heavy (non-hydrogen) atoms. The Balaban J connectivity index is 2.23. The van der Waals surface area contributed by atoms with Gasteiger partial charge in [-0.3, -0.25) is 9.48 Å². The van der Waals surface area contributed by atoms with Crippen molar-refractivity contribution in [2.24, 2.45) is 0 Å². The molecule has 0 radical (unpaired) electrons. The SMILES string of the molecule is COc1cc(NC(=O)C(C)(C)n2cc(I)cn2)ccc1C#N. The zero-order valence-electron chi connectivity index (χ0n) is 12.4. The molecule has 0 aliphatic heterocycles. The van der Waals surface area contributed by atoms with Crippen LogP contribution in [0.4, 0.5) is 5.69 Å². The molecule has 2 aromatic rings. The largest absolute Gasteiger partial charge is 0.495 e. The molecule has 1 heterocycles. The van der Waals surface area contributed by atoms with Crippen molar-refractivity contribution in [3.8, 4) is 11.8 Å². The molecule has 0 aliphatic rings. The molecule has 2 rings (SSSR count). The quantitative estimate of drug-likeness (QED) is 0.787. The number of halogens is 1. The fraction of sp³-hybridized carbons (Fsp3) is 0.267. The molecule has 0 unspecified atom stereocenters. The maximum absolute atomic E-state index is 12.5. The topological polar surface area (TPSA) is 79.9 Å². The number of rotatable bonds is 4. The number of carbonyl (C=O) groups excluding carboxylic acids is 1. The van der Waals surface area contributed by atoms with E-state index in [1.165, 1.54) is 7.11 Å².